The van der Waals surface area contributed by atoms with Crippen molar-refractivity contribution in [3.63, 3.8) is 0 Å². The van der Waals surface area contributed by atoms with Crippen LogP contribution in [0.25, 0.3) is 0 Å². The maximum atomic E-state index is 11.7. The van der Waals surface area contributed by atoms with E-state index in [1.54, 1.807) is 17.6 Å². The lowest BCUT2D eigenvalue weighted by Gasteiger charge is -2.01. The van der Waals surface area contributed by atoms with Gasteiger partial charge in [0.15, 0.2) is 0 Å². The molecule has 104 valence electrons. The van der Waals surface area contributed by atoms with Gasteiger partial charge in [-0.1, -0.05) is 17.7 Å². The zero-order chi connectivity index (χ0) is 14.4. The summed E-state index contributed by atoms with van der Waals surface area (Å²) < 4.78 is 0. The van der Waals surface area contributed by atoms with Gasteiger partial charge >= 0.3 is 0 Å². The molecule has 0 saturated carbocycles. The number of rotatable bonds is 5. The van der Waals surface area contributed by atoms with Gasteiger partial charge in [0.25, 0.3) is 0 Å². The molecule has 1 N–H and O–H groups in total. The molecule has 20 heavy (non-hydrogen) atoms. The quantitative estimate of drug-likeness (QED) is 0.521. The average Bonchev–Trinajstić information content (AvgIpc) is 2.84. The van der Waals surface area contributed by atoms with Crippen molar-refractivity contribution >= 4 is 35.2 Å². The van der Waals surface area contributed by atoms with Crippen LogP contribution in [0.15, 0.2) is 45.7 Å². The summed E-state index contributed by atoms with van der Waals surface area (Å²) >= 11 is 3.11. The maximum Gasteiger partial charge on any atom is 0.250 e. The number of nitrogens with zero attached hydrogens (tertiary/aromatic N) is 1. The van der Waals surface area contributed by atoms with Gasteiger partial charge in [0, 0.05) is 9.77 Å². The van der Waals surface area contributed by atoms with Gasteiger partial charge in [-0.05, 0) is 43.0 Å². The highest BCUT2D eigenvalue weighted by Gasteiger charge is 2.01. The molecule has 1 aromatic carbocycles. The minimum atomic E-state index is -0.0963. The van der Waals surface area contributed by atoms with Crippen molar-refractivity contribution in [3.8, 4) is 0 Å². The molecule has 0 saturated heterocycles. The number of carbonyl (C=O) groups is 1. The minimum Gasteiger partial charge on any atom is -0.272 e. The topological polar surface area (TPSA) is 41.5 Å². The molecular weight excluding hydrogens is 288 g/mol. The van der Waals surface area contributed by atoms with E-state index in [9.17, 15) is 4.79 Å². The zero-order valence-electron chi connectivity index (χ0n) is 11.4. The molecule has 1 heterocycles. The molecule has 0 aliphatic heterocycles. The molecule has 0 unspecified atom stereocenters. The average molecular weight is 304 g/mol. The highest BCUT2D eigenvalue weighted by atomic mass is 32.2. The van der Waals surface area contributed by atoms with E-state index in [0.29, 0.717) is 5.75 Å². The Bertz CT molecular complexity index is 603. The number of hydrazone groups is 1. The Morgan fingerprint density at radius 2 is 2.05 bits per heavy atom. The van der Waals surface area contributed by atoms with Gasteiger partial charge in [0.1, 0.15) is 0 Å². The van der Waals surface area contributed by atoms with Crippen LogP contribution in [0.3, 0.4) is 0 Å². The molecule has 0 aliphatic rings. The zero-order valence-corrected chi connectivity index (χ0v) is 13.1. The fourth-order valence-corrected chi connectivity index (χ4v) is 2.97. The standard InChI is InChI=1S/C15H16N2OS2/c1-11-3-5-13(6-4-11)20-10-15(18)17-16-9-14-12(2)7-8-19-14/h3-9H,10H2,1-2H3,(H,17,18)/b16-9-. The van der Waals surface area contributed by atoms with Gasteiger partial charge in [-0.2, -0.15) is 5.10 Å². The fourth-order valence-electron chi connectivity index (χ4n) is 1.50. The third kappa shape index (κ3) is 4.51. The monoisotopic (exact) mass is 304 g/mol. The molecule has 0 atom stereocenters. The Morgan fingerprint density at radius 1 is 1.30 bits per heavy atom. The number of thioether (sulfide) groups is 1. The van der Waals surface area contributed by atoms with Crippen LogP contribution in [0.1, 0.15) is 16.0 Å². The molecule has 5 heteroatoms. The van der Waals surface area contributed by atoms with Crippen molar-refractivity contribution in [2.45, 2.75) is 18.7 Å². The normalized spacial score (nSPS) is 10.9. The van der Waals surface area contributed by atoms with Crippen LogP contribution in [-0.2, 0) is 4.79 Å². The largest absolute Gasteiger partial charge is 0.272 e. The van der Waals surface area contributed by atoms with Gasteiger partial charge in [-0.15, -0.1) is 23.1 Å². The summed E-state index contributed by atoms with van der Waals surface area (Å²) in [5.74, 6) is 0.269. The number of thiophene rings is 1. The van der Waals surface area contributed by atoms with Crippen LogP contribution < -0.4 is 5.43 Å². The third-order valence-electron chi connectivity index (χ3n) is 2.66. The first-order chi connectivity index (χ1) is 9.65. The molecule has 0 bridgehead atoms. The van der Waals surface area contributed by atoms with Crippen molar-refractivity contribution in [3.05, 3.63) is 51.7 Å². The maximum absolute atomic E-state index is 11.7. The predicted octanol–water partition coefficient (Wildman–Crippen LogP) is 3.61. The highest BCUT2D eigenvalue weighted by molar-refractivity contribution is 8.00. The molecule has 2 rings (SSSR count). The molecule has 0 radical (unpaired) electrons. The Labute approximate surface area is 127 Å². The van der Waals surface area contributed by atoms with Gasteiger partial charge in [-0.25, -0.2) is 5.43 Å². The van der Waals surface area contributed by atoms with E-state index in [4.69, 9.17) is 0 Å². The summed E-state index contributed by atoms with van der Waals surface area (Å²) in [4.78, 5) is 13.8. The summed E-state index contributed by atoms with van der Waals surface area (Å²) in [5.41, 5.74) is 4.93. The van der Waals surface area contributed by atoms with E-state index < -0.39 is 0 Å². The SMILES string of the molecule is Cc1ccc(SCC(=O)N/N=C\c2sccc2C)cc1. The Balaban J connectivity index is 1.77. The highest BCUT2D eigenvalue weighted by Crippen LogP contribution is 2.17. The van der Waals surface area contributed by atoms with Gasteiger partial charge in [0.05, 0.1) is 12.0 Å². The number of amides is 1. The van der Waals surface area contributed by atoms with Crippen LogP contribution in [-0.4, -0.2) is 17.9 Å². The van der Waals surface area contributed by atoms with Crippen molar-refractivity contribution < 1.29 is 4.79 Å². The Hall–Kier alpha value is -1.59. The molecule has 1 amide bonds. The summed E-state index contributed by atoms with van der Waals surface area (Å²) in [7, 11) is 0. The number of aryl methyl sites for hydroxylation is 2. The summed E-state index contributed by atoms with van der Waals surface area (Å²) in [6.07, 6.45) is 1.69. The molecule has 2 aromatic rings. The second-order valence-corrected chi connectivity index (χ2v) is 6.36. The summed E-state index contributed by atoms with van der Waals surface area (Å²) in [5, 5.41) is 5.98. The first-order valence-corrected chi connectivity index (χ1v) is 8.07. The van der Waals surface area contributed by atoms with E-state index in [0.717, 1.165) is 9.77 Å². The van der Waals surface area contributed by atoms with Crippen molar-refractivity contribution in [2.75, 3.05) is 5.75 Å². The molecule has 0 fully saturated rings. The molecule has 0 spiro atoms. The van der Waals surface area contributed by atoms with Crippen LogP contribution >= 0.6 is 23.1 Å². The Morgan fingerprint density at radius 3 is 2.70 bits per heavy atom. The van der Waals surface area contributed by atoms with E-state index in [2.05, 4.69) is 10.5 Å². The lowest BCUT2D eigenvalue weighted by molar-refractivity contribution is -0.118. The number of hydrogen-bond donors (Lipinski definition) is 1. The minimum absolute atomic E-state index is 0.0963. The number of carbonyl (C=O) groups excluding carboxylic acids is 1. The van der Waals surface area contributed by atoms with Gasteiger partial charge in [0.2, 0.25) is 5.91 Å². The summed E-state index contributed by atoms with van der Waals surface area (Å²) in [6.45, 7) is 4.06. The van der Waals surface area contributed by atoms with Gasteiger partial charge in [-0.3, -0.25) is 4.79 Å². The molecule has 1 aromatic heterocycles. The first kappa shape index (κ1) is 14.8. The van der Waals surface area contributed by atoms with Crippen molar-refractivity contribution in [1.82, 2.24) is 5.43 Å². The van der Waals surface area contributed by atoms with E-state index in [-0.39, 0.29) is 5.91 Å². The van der Waals surface area contributed by atoms with Gasteiger partial charge < -0.3 is 0 Å². The van der Waals surface area contributed by atoms with Crippen molar-refractivity contribution in [1.29, 1.82) is 0 Å². The second kappa shape index (κ2) is 7.26. The van der Waals surface area contributed by atoms with Crippen LogP contribution in [0.2, 0.25) is 0 Å². The lowest BCUT2D eigenvalue weighted by atomic mass is 10.2. The van der Waals surface area contributed by atoms with Crippen LogP contribution in [0.4, 0.5) is 0 Å². The molecular formula is C15H16N2OS2. The van der Waals surface area contributed by atoms with Crippen LogP contribution in [0.5, 0.6) is 0 Å². The summed E-state index contributed by atoms with van der Waals surface area (Å²) in [6, 6.07) is 10.1. The first-order valence-electron chi connectivity index (χ1n) is 6.20. The third-order valence-corrected chi connectivity index (χ3v) is 4.63. The number of nitrogens with one attached hydrogen (secondary N) is 1. The van der Waals surface area contributed by atoms with E-state index in [1.165, 1.54) is 22.9 Å². The molecule has 3 nitrogen and oxygen atoms in total. The number of benzene rings is 1. The smallest absolute Gasteiger partial charge is 0.250 e. The van der Waals surface area contributed by atoms with Crippen molar-refractivity contribution in [2.24, 2.45) is 5.10 Å². The molecule has 0 aliphatic carbocycles. The lowest BCUT2D eigenvalue weighted by Crippen LogP contribution is -2.19. The Kier molecular flexibility index (Phi) is 5.38. The van der Waals surface area contributed by atoms with E-state index >= 15 is 0 Å². The van der Waals surface area contributed by atoms with E-state index in [1.807, 2.05) is 49.6 Å². The number of hydrogen-bond acceptors (Lipinski definition) is 4. The predicted molar refractivity (Wildman–Crippen MR) is 86.7 cm³/mol. The van der Waals surface area contributed by atoms with Crippen LogP contribution in [0, 0.1) is 13.8 Å². The fraction of sp³-hybridized carbons (Fsp3) is 0.200. The second-order valence-electron chi connectivity index (χ2n) is 4.36.